The van der Waals surface area contributed by atoms with E-state index in [0.29, 0.717) is 12.8 Å². The summed E-state index contributed by atoms with van der Waals surface area (Å²) in [5.41, 5.74) is 0. The van der Waals surface area contributed by atoms with Crippen LogP contribution in [0.1, 0.15) is 201 Å². The van der Waals surface area contributed by atoms with Crippen LogP contribution in [-0.4, -0.2) is 28.8 Å². The minimum Gasteiger partial charge on any atom is -0.481 e. The molecule has 0 aliphatic rings. The topological polar surface area (TPSA) is 97.7 Å². The van der Waals surface area contributed by atoms with E-state index < -0.39 is 17.9 Å². The monoisotopic (exact) mass is 597 g/mol. The smallest absolute Gasteiger partial charge is 0.314 e. The largest absolute Gasteiger partial charge is 0.481 e. The van der Waals surface area contributed by atoms with Gasteiger partial charge in [0.2, 0.25) is 0 Å². The number of hydrogen-bond acceptors (Lipinski definition) is 5. The van der Waals surface area contributed by atoms with Crippen LogP contribution in [0, 0.1) is 5.92 Å². The van der Waals surface area contributed by atoms with Crippen molar-refractivity contribution in [1.29, 1.82) is 0 Å². The molecule has 1 atom stereocenters. The summed E-state index contributed by atoms with van der Waals surface area (Å²) in [7, 11) is 0. The number of carboxylic acids is 1. The second kappa shape index (κ2) is 33.8. The average Bonchev–Trinajstić information content (AvgIpc) is 2.93. The van der Waals surface area contributed by atoms with Crippen molar-refractivity contribution < 1.29 is 29.0 Å². The zero-order valence-electron chi connectivity index (χ0n) is 28.2. The number of unbranched alkanes of at least 4 members (excludes halogenated alkanes) is 23. The third kappa shape index (κ3) is 34.5. The molecule has 0 aromatic heterocycles. The lowest BCUT2D eigenvalue weighted by molar-refractivity contribution is -0.158. The first-order chi connectivity index (χ1) is 20.3. The van der Waals surface area contributed by atoms with E-state index in [9.17, 15) is 19.2 Å². The average molecular weight is 597 g/mol. The third-order valence-corrected chi connectivity index (χ3v) is 7.88. The molecule has 1 unspecified atom stereocenters. The Morgan fingerprint density at radius 2 is 0.810 bits per heavy atom. The van der Waals surface area contributed by atoms with Crippen LogP contribution >= 0.6 is 0 Å². The highest BCUT2D eigenvalue weighted by atomic mass is 16.6. The van der Waals surface area contributed by atoms with Crippen LogP contribution in [0.2, 0.25) is 0 Å². The fourth-order valence-corrected chi connectivity index (χ4v) is 5.19. The summed E-state index contributed by atoms with van der Waals surface area (Å²) in [5.74, 6) is -2.86. The van der Waals surface area contributed by atoms with Gasteiger partial charge in [0.1, 0.15) is 11.7 Å². The van der Waals surface area contributed by atoms with Gasteiger partial charge in [-0.3, -0.25) is 19.2 Å². The Morgan fingerprint density at radius 1 is 0.500 bits per heavy atom. The highest BCUT2D eigenvalue weighted by molar-refractivity contribution is 5.96. The highest BCUT2D eigenvalue weighted by Gasteiger charge is 2.21. The van der Waals surface area contributed by atoms with E-state index in [1.54, 1.807) is 0 Å². The van der Waals surface area contributed by atoms with Crippen molar-refractivity contribution in [2.45, 2.75) is 201 Å². The first kappa shape index (κ1) is 42.4. The van der Waals surface area contributed by atoms with Gasteiger partial charge in [-0.15, -0.1) is 0 Å². The maximum absolute atomic E-state index is 11.1. The second-order valence-electron chi connectivity index (χ2n) is 12.1. The van der Waals surface area contributed by atoms with Crippen molar-refractivity contribution in [3.63, 3.8) is 0 Å². The van der Waals surface area contributed by atoms with Crippen molar-refractivity contribution in [3.8, 4) is 0 Å². The van der Waals surface area contributed by atoms with Crippen LogP contribution in [0.3, 0.4) is 0 Å². The molecule has 6 heteroatoms. The van der Waals surface area contributed by atoms with Gasteiger partial charge in [-0.25, -0.2) is 0 Å². The van der Waals surface area contributed by atoms with Gasteiger partial charge >= 0.3 is 17.9 Å². The molecule has 42 heavy (non-hydrogen) atoms. The van der Waals surface area contributed by atoms with Crippen molar-refractivity contribution in [2.24, 2.45) is 5.92 Å². The van der Waals surface area contributed by atoms with Gasteiger partial charge in [0.05, 0.1) is 0 Å². The lowest BCUT2D eigenvalue weighted by Crippen LogP contribution is -2.21. The Balaban J connectivity index is 0. The zero-order chi connectivity index (χ0) is 31.7. The molecule has 6 nitrogen and oxygen atoms in total. The van der Waals surface area contributed by atoms with Crippen molar-refractivity contribution in [1.82, 2.24) is 0 Å². The Labute approximate surface area is 259 Å². The molecule has 0 aliphatic heterocycles. The van der Waals surface area contributed by atoms with Gasteiger partial charge in [-0.1, -0.05) is 168 Å². The molecule has 0 radical (unpaired) electrons. The summed E-state index contributed by atoms with van der Waals surface area (Å²) >= 11 is 0. The molecule has 0 amide bonds. The summed E-state index contributed by atoms with van der Waals surface area (Å²) in [6.45, 7) is 7.14. The number of aliphatic carboxylic acids is 1. The predicted molar refractivity (Wildman–Crippen MR) is 175 cm³/mol. The number of rotatable bonds is 29. The Bertz CT molecular complexity index is 628. The van der Waals surface area contributed by atoms with Crippen LogP contribution < -0.4 is 0 Å². The first-order valence-corrected chi connectivity index (χ1v) is 17.7. The lowest BCUT2D eigenvalue weighted by Gasteiger charge is -2.08. The van der Waals surface area contributed by atoms with Gasteiger partial charge in [0, 0.05) is 13.3 Å². The second-order valence-corrected chi connectivity index (χ2v) is 12.1. The molecule has 0 aliphatic carbocycles. The van der Waals surface area contributed by atoms with Crippen LogP contribution in [0.15, 0.2) is 0 Å². The Hall–Kier alpha value is -1.72. The molecule has 0 aromatic rings. The number of ketones is 1. The van der Waals surface area contributed by atoms with Gasteiger partial charge in [-0.2, -0.15) is 0 Å². The molecule has 0 spiro atoms. The Morgan fingerprint density at radius 3 is 1.10 bits per heavy atom. The minimum absolute atomic E-state index is 0.217. The van der Waals surface area contributed by atoms with E-state index >= 15 is 0 Å². The van der Waals surface area contributed by atoms with Gasteiger partial charge in [0.25, 0.3) is 0 Å². The van der Waals surface area contributed by atoms with Crippen LogP contribution in [0.4, 0.5) is 0 Å². The van der Waals surface area contributed by atoms with E-state index in [1.165, 1.54) is 149 Å². The summed E-state index contributed by atoms with van der Waals surface area (Å²) in [5, 5.41) is 8.90. The summed E-state index contributed by atoms with van der Waals surface area (Å²) in [6.07, 6.45) is 32.7. The molecule has 0 aromatic carbocycles. The maximum Gasteiger partial charge on any atom is 0.314 e. The third-order valence-electron chi connectivity index (χ3n) is 7.88. The quantitative estimate of drug-likeness (QED) is 0.0524. The van der Waals surface area contributed by atoms with E-state index in [0.717, 1.165) is 25.7 Å². The van der Waals surface area contributed by atoms with Gasteiger partial charge in [0.15, 0.2) is 0 Å². The fraction of sp³-hybridized carbons (Fsp3) is 0.889. The van der Waals surface area contributed by atoms with E-state index in [1.807, 2.05) is 0 Å². The molecule has 0 saturated heterocycles. The number of ether oxygens (including phenoxy) is 1. The van der Waals surface area contributed by atoms with Crippen molar-refractivity contribution in [2.75, 3.05) is 0 Å². The molecule has 0 heterocycles. The maximum atomic E-state index is 11.1. The SMILES string of the molecule is CCCCCCCCCCCCCCC(C(C)=O)C(=O)O.CCCCCCCCCCCCCCCC(=O)OC(C)=O. The number of carbonyl (C=O) groups excluding carboxylic acids is 3. The van der Waals surface area contributed by atoms with E-state index in [2.05, 4.69) is 18.6 Å². The van der Waals surface area contributed by atoms with E-state index in [4.69, 9.17) is 5.11 Å². The number of hydrogen-bond donors (Lipinski definition) is 1. The number of Topliss-reactive ketones (excluding diaryl/α,β-unsaturated/α-hetero) is 1. The predicted octanol–water partition coefficient (Wildman–Crippen LogP) is 10.9. The Kier molecular flexibility index (Phi) is 34.1. The lowest BCUT2D eigenvalue weighted by atomic mass is 9.97. The van der Waals surface area contributed by atoms with Gasteiger partial charge < -0.3 is 9.84 Å². The van der Waals surface area contributed by atoms with E-state index in [-0.39, 0.29) is 11.8 Å². The van der Waals surface area contributed by atoms with Crippen molar-refractivity contribution >= 4 is 23.7 Å². The number of esters is 2. The molecule has 0 saturated carbocycles. The van der Waals surface area contributed by atoms with Crippen molar-refractivity contribution in [3.05, 3.63) is 0 Å². The number of carboxylic acid groups (broad SMARTS) is 1. The molecular formula is C36H68O6. The minimum atomic E-state index is -0.967. The standard InChI is InChI=1S/2C18H34O3/c1-3-4-5-6-7-8-9-10-11-12-13-14-15-16-18(20)21-17(2)19;1-3-4-5-6-7-8-9-10-11-12-13-14-15-17(16(2)19)18(20)21/h3-16H2,1-2H3;17H,3-15H2,1-2H3,(H,20,21). The van der Waals surface area contributed by atoms with Gasteiger partial charge in [-0.05, 0) is 19.8 Å². The highest BCUT2D eigenvalue weighted by Crippen LogP contribution is 2.16. The number of carbonyl (C=O) groups is 4. The molecule has 248 valence electrons. The molecule has 0 rings (SSSR count). The molecule has 0 fully saturated rings. The van der Waals surface area contributed by atoms with Crippen LogP contribution in [0.5, 0.6) is 0 Å². The molecule has 1 N–H and O–H groups in total. The van der Waals surface area contributed by atoms with Crippen LogP contribution in [0.25, 0.3) is 0 Å². The summed E-state index contributed by atoms with van der Waals surface area (Å²) in [6, 6.07) is 0. The summed E-state index contributed by atoms with van der Waals surface area (Å²) < 4.78 is 4.48. The fourth-order valence-electron chi connectivity index (χ4n) is 5.19. The first-order valence-electron chi connectivity index (χ1n) is 17.7. The summed E-state index contributed by atoms with van der Waals surface area (Å²) in [4.78, 5) is 43.6. The van der Waals surface area contributed by atoms with Crippen LogP contribution in [-0.2, 0) is 23.9 Å². The normalized spacial score (nSPS) is 11.4. The molecule has 0 bridgehead atoms. The zero-order valence-corrected chi connectivity index (χ0v) is 28.2. The molecular weight excluding hydrogens is 528 g/mol.